The fourth-order valence-corrected chi connectivity index (χ4v) is 3.32. The summed E-state index contributed by atoms with van der Waals surface area (Å²) >= 11 is 0. The van der Waals surface area contributed by atoms with Crippen LogP contribution in [-0.2, 0) is 26.8 Å². The van der Waals surface area contributed by atoms with Crippen molar-refractivity contribution in [3.63, 3.8) is 0 Å². The molecule has 0 aromatic heterocycles. The highest BCUT2D eigenvalue weighted by molar-refractivity contribution is 7.86. The van der Waals surface area contributed by atoms with Gasteiger partial charge in [-0.2, -0.15) is 0 Å². The highest BCUT2D eigenvalue weighted by Gasteiger charge is 2.24. The molecular weight excluding hydrogens is 302 g/mol. The molecule has 0 aliphatic heterocycles. The predicted molar refractivity (Wildman–Crippen MR) is 87.1 cm³/mol. The van der Waals surface area contributed by atoms with Crippen molar-refractivity contribution >= 4 is 22.7 Å². The van der Waals surface area contributed by atoms with E-state index in [1.807, 2.05) is 44.2 Å². The first-order valence-corrected chi connectivity index (χ1v) is 8.71. The molecule has 1 rings (SSSR count). The quantitative estimate of drug-likeness (QED) is 0.724. The maximum atomic E-state index is 12.1. The van der Waals surface area contributed by atoms with Crippen molar-refractivity contribution in [2.75, 3.05) is 5.75 Å². The number of hydrogen-bond acceptors (Lipinski definition) is 3. The number of aliphatic carboxylic acids is 1. The molecule has 0 spiro atoms. The van der Waals surface area contributed by atoms with E-state index in [2.05, 4.69) is 5.32 Å². The summed E-state index contributed by atoms with van der Waals surface area (Å²) in [5, 5.41) is 11.0. The van der Waals surface area contributed by atoms with Crippen molar-refractivity contribution in [1.29, 1.82) is 0 Å². The zero-order valence-corrected chi connectivity index (χ0v) is 13.8. The fourth-order valence-electron chi connectivity index (χ4n) is 2.04. The first-order valence-electron chi connectivity index (χ1n) is 7.33. The van der Waals surface area contributed by atoms with Crippen LogP contribution in [0.2, 0.25) is 0 Å². The first kappa shape index (κ1) is 18.4. The van der Waals surface area contributed by atoms with Crippen LogP contribution in [0.1, 0.15) is 32.3 Å². The summed E-state index contributed by atoms with van der Waals surface area (Å²) in [4.78, 5) is 22.8. The third-order valence-corrected chi connectivity index (χ3v) is 4.79. The first-order chi connectivity index (χ1) is 10.4. The summed E-state index contributed by atoms with van der Waals surface area (Å²) < 4.78 is 12.1. The molecule has 1 amide bonds. The molecular formula is C16H23NO4S. The van der Waals surface area contributed by atoms with Crippen LogP contribution in [0.5, 0.6) is 0 Å². The van der Waals surface area contributed by atoms with Crippen LogP contribution >= 0.6 is 0 Å². The third-order valence-electron chi connectivity index (χ3n) is 3.11. The predicted octanol–water partition coefficient (Wildman–Crippen LogP) is 1.74. The smallest absolute Gasteiger partial charge is 0.319 e. The molecule has 0 saturated carbocycles. The van der Waals surface area contributed by atoms with Crippen molar-refractivity contribution in [2.24, 2.45) is 0 Å². The van der Waals surface area contributed by atoms with Crippen molar-refractivity contribution in [2.45, 2.75) is 44.4 Å². The van der Waals surface area contributed by atoms with Gasteiger partial charge in [-0.05, 0) is 32.3 Å². The lowest BCUT2D eigenvalue weighted by Crippen LogP contribution is -2.33. The Morgan fingerprint density at radius 1 is 1.23 bits per heavy atom. The lowest BCUT2D eigenvalue weighted by atomic mass is 10.1. The van der Waals surface area contributed by atoms with Crippen LogP contribution in [0, 0.1) is 0 Å². The van der Waals surface area contributed by atoms with E-state index in [-0.39, 0.29) is 24.1 Å². The Bertz CT molecular complexity index is 516. The number of nitrogens with one attached hydrogen (secondary N) is 1. The molecule has 0 aliphatic carbocycles. The molecule has 0 aliphatic rings. The van der Waals surface area contributed by atoms with Crippen LogP contribution in [0.15, 0.2) is 30.3 Å². The number of carbonyl (C=O) groups is 2. The molecule has 0 radical (unpaired) electrons. The Hall–Kier alpha value is -1.69. The molecule has 5 nitrogen and oxygen atoms in total. The number of amides is 1. The minimum Gasteiger partial charge on any atom is -0.480 e. The van der Waals surface area contributed by atoms with Crippen LogP contribution in [0.4, 0.5) is 0 Å². The molecule has 0 saturated heterocycles. The Morgan fingerprint density at radius 3 is 2.41 bits per heavy atom. The number of carbonyl (C=O) groups excluding carboxylic acids is 1. The maximum absolute atomic E-state index is 12.1. The Kier molecular flexibility index (Phi) is 7.80. The molecule has 0 fully saturated rings. The van der Waals surface area contributed by atoms with Gasteiger partial charge in [0.25, 0.3) is 0 Å². The van der Waals surface area contributed by atoms with E-state index >= 15 is 0 Å². The van der Waals surface area contributed by atoms with Crippen LogP contribution < -0.4 is 5.32 Å². The Balaban J connectivity index is 2.50. The average Bonchev–Trinajstić information content (AvgIpc) is 2.45. The number of carboxylic acid groups (broad SMARTS) is 1. The van der Waals surface area contributed by atoms with Crippen LogP contribution in [0.3, 0.4) is 0 Å². The monoisotopic (exact) mass is 325 g/mol. The lowest BCUT2D eigenvalue weighted by Gasteiger charge is -2.13. The number of rotatable bonds is 9. The summed E-state index contributed by atoms with van der Waals surface area (Å²) in [6.07, 6.45) is 0.944. The molecule has 0 heterocycles. The van der Waals surface area contributed by atoms with Gasteiger partial charge in [0, 0.05) is 29.0 Å². The Morgan fingerprint density at radius 2 is 1.86 bits per heavy atom. The van der Waals surface area contributed by atoms with Crippen LogP contribution in [0.25, 0.3) is 0 Å². The van der Waals surface area contributed by atoms with E-state index in [1.165, 1.54) is 0 Å². The molecule has 2 atom stereocenters. The van der Waals surface area contributed by atoms with Gasteiger partial charge in [-0.1, -0.05) is 30.3 Å². The van der Waals surface area contributed by atoms with Gasteiger partial charge >= 0.3 is 5.97 Å². The molecule has 1 aromatic rings. The van der Waals surface area contributed by atoms with Gasteiger partial charge in [0.05, 0.1) is 0 Å². The third kappa shape index (κ3) is 6.85. The molecule has 22 heavy (non-hydrogen) atoms. The standard InChI is InChI=1S/C16H23NO4S/c1-12(2)17-15(18)10-11-22(21)14(16(19)20)9-8-13-6-4-3-5-7-13/h3-7,12,14H,8-11H2,1-2H3,(H,17,18)(H,19,20). The van der Waals surface area contributed by atoms with Crippen molar-refractivity contribution in [1.82, 2.24) is 5.32 Å². The van der Waals surface area contributed by atoms with Crippen molar-refractivity contribution in [3.8, 4) is 0 Å². The van der Waals surface area contributed by atoms with Crippen LogP contribution in [-0.4, -0.2) is 38.2 Å². The maximum Gasteiger partial charge on any atom is 0.319 e. The SMILES string of the molecule is CC(C)NC(=O)CCS(=O)C(CCc1ccccc1)C(=O)O. The normalized spacial score (nSPS) is 13.6. The zero-order valence-electron chi connectivity index (χ0n) is 13.0. The summed E-state index contributed by atoms with van der Waals surface area (Å²) in [7, 11) is -1.56. The highest BCUT2D eigenvalue weighted by Crippen LogP contribution is 2.11. The summed E-state index contributed by atoms with van der Waals surface area (Å²) in [6.45, 7) is 3.68. The lowest BCUT2D eigenvalue weighted by molar-refractivity contribution is -0.136. The van der Waals surface area contributed by atoms with Gasteiger partial charge in [-0.15, -0.1) is 0 Å². The molecule has 1 aromatic carbocycles. The second-order valence-electron chi connectivity index (χ2n) is 5.41. The zero-order chi connectivity index (χ0) is 16.5. The largest absolute Gasteiger partial charge is 0.480 e. The van der Waals surface area contributed by atoms with Gasteiger partial charge in [0.1, 0.15) is 5.25 Å². The number of benzene rings is 1. The minimum atomic E-state index is -1.56. The van der Waals surface area contributed by atoms with Gasteiger partial charge in [-0.3, -0.25) is 13.8 Å². The molecule has 2 unspecified atom stereocenters. The van der Waals surface area contributed by atoms with E-state index in [1.54, 1.807) is 0 Å². The number of hydrogen-bond donors (Lipinski definition) is 2. The molecule has 6 heteroatoms. The topological polar surface area (TPSA) is 83.5 Å². The van der Waals surface area contributed by atoms with E-state index in [0.717, 1.165) is 5.56 Å². The second-order valence-corrected chi connectivity index (χ2v) is 7.15. The average molecular weight is 325 g/mol. The number of aryl methyl sites for hydroxylation is 1. The molecule has 2 N–H and O–H groups in total. The fraction of sp³-hybridized carbons (Fsp3) is 0.500. The second kappa shape index (κ2) is 9.35. The molecule has 0 bridgehead atoms. The molecule has 122 valence electrons. The van der Waals surface area contributed by atoms with E-state index in [4.69, 9.17) is 0 Å². The van der Waals surface area contributed by atoms with Gasteiger partial charge in [-0.25, -0.2) is 0 Å². The summed E-state index contributed by atoms with van der Waals surface area (Å²) in [6, 6.07) is 9.52. The van der Waals surface area contributed by atoms with Gasteiger partial charge in [0.2, 0.25) is 5.91 Å². The highest BCUT2D eigenvalue weighted by atomic mass is 32.2. The van der Waals surface area contributed by atoms with Crippen molar-refractivity contribution in [3.05, 3.63) is 35.9 Å². The van der Waals surface area contributed by atoms with Crippen molar-refractivity contribution < 1.29 is 18.9 Å². The van der Waals surface area contributed by atoms with Gasteiger partial charge in [0.15, 0.2) is 0 Å². The van der Waals surface area contributed by atoms with E-state index in [0.29, 0.717) is 12.8 Å². The summed E-state index contributed by atoms with van der Waals surface area (Å²) in [5.41, 5.74) is 1.02. The minimum absolute atomic E-state index is 0.0225. The summed E-state index contributed by atoms with van der Waals surface area (Å²) in [5.74, 6) is -1.20. The Labute approximate surface area is 133 Å². The number of carboxylic acids is 1. The van der Waals surface area contributed by atoms with Gasteiger partial charge < -0.3 is 10.4 Å². The van der Waals surface area contributed by atoms with E-state index < -0.39 is 22.0 Å². The van der Waals surface area contributed by atoms with E-state index in [9.17, 15) is 18.9 Å².